The first-order valence-electron chi connectivity index (χ1n) is 8.64. The molecule has 1 saturated heterocycles. The molecule has 0 radical (unpaired) electrons. The topological polar surface area (TPSA) is 96.3 Å². The molecule has 140 valence electrons. The Kier molecular flexibility index (Phi) is 5.47. The summed E-state index contributed by atoms with van der Waals surface area (Å²) >= 11 is 0. The largest absolute Gasteiger partial charge is 0.481 e. The molecule has 1 fully saturated rings. The van der Waals surface area contributed by atoms with E-state index in [4.69, 9.17) is 10.00 Å². The molecule has 0 aromatic heterocycles. The van der Waals surface area contributed by atoms with Crippen molar-refractivity contribution in [3.63, 3.8) is 0 Å². The average molecular weight is 384 g/mol. The van der Waals surface area contributed by atoms with Crippen molar-refractivity contribution < 1.29 is 17.9 Å². The fourth-order valence-electron chi connectivity index (χ4n) is 2.95. The van der Waals surface area contributed by atoms with Crippen LogP contribution in [0.15, 0.2) is 48.5 Å². The molecular formula is C20H20N2O4S. The summed E-state index contributed by atoms with van der Waals surface area (Å²) in [7, 11) is -3.03. The van der Waals surface area contributed by atoms with Crippen LogP contribution in [0.1, 0.15) is 18.9 Å². The first kappa shape index (κ1) is 18.9. The monoisotopic (exact) mass is 384 g/mol. The second-order valence-corrected chi connectivity index (χ2v) is 8.81. The van der Waals surface area contributed by atoms with E-state index in [0.29, 0.717) is 17.7 Å². The Labute approximate surface area is 158 Å². The van der Waals surface area contributed by atoms with Gasteiger partial charge in [0, 0.05) is 6.04 Å². The fourth-order valence-corrected chi connectivity index (χ4v) is 4.62. The number of rotatable bonds is 5. The van der Waals surface area contributed by atoms with Gasteiger partial charge in [0.15, 0.2) is 15.9 Å². The van der Waals surface area contributed by atoms with Crippen molar-refractivity contribution in [1.29, 1.82) is 5.26 Å². The zero-order valence-corrected chi connectivity index (χ0v) is 15.7. The molecule has 2 aromatic rings. The van der Waals surface area contributed by atoms with Gasteiger partial charge in [0.05, 0.1) is 23.1 Å². The normalized spacial score (nSPS) is 19.0. The maximum Gasteiger partial charge on any atom is 0.261 e. The third-order valence-corrected chi connectivity index (χ3v) is 6.23. The average Bonchev–Trinajstić information content (AvgIpc) is 3.00. The van der Waals surface area contributed by atoms with Gasteiger partial charge < -0.3 is 10.1 Å². The summed E-state index contributed by atoms with van der Waals surface area (Å²) in [5.41, 5.74) is 2.56. The maximum absolute atomic E-state index is 12.2. The summed E-state index contributed by atoms with van der Waals surface area (Å²) in [4.78, 5) is 12.2. The Morgan fingerprint density at radius 1 is 1.15 bits per heavy atom. The molecule has 2 atom stereocenters. The van der Waals surface area contributed by atoms with E-state index < -0.39 is 15.9 Å². The van der Waals surface area contributed by atoms with Gasteiger partial charge >= 0.3 is 0 Å². The van der Waals surface area contributed by atoms with E-state index in [0.717, 1.165) is 11.1 Å². The maximum atomic E-state index is 12.2. The summed E-state index contributed by atoms with van der Waals surface area (Å²) in [6.45, 7) is 1.63. The van der Waals surface area contributed by atoms with Crippen LogP contribution in [0.3, 0.4) is 0 Å². The Morgan fingerprint density at radius 2 is 1.74 bits per heavy atom. The Bertz CT molecular complexity index is 961. The van der Waals surface area contributed by atoms with Crippen molar-refractivity contribution in [2.24, 2.45) is 0 Å². The Hall–Kier alpha value is -2.85. The highest BCUT2D eigenvalue weighted by Gasteiger charge is 2.30. The number of hydrogen-bond acceptors (Lipinski definition) is 5. The fraction of sp³-hybridized carbons (Fsp3) is 0.300. The Balaban J connectivity index is 1.58. The third kappa shape index (κ3) is 4.86. The van der Waals surface area contributed by atoms with Crippen molar-refractivity contribution in [1.82, 2.24) is 5.32 Å². The van der Waals surface area contributed by atoms with E-state index in [1.807, 2.05) is 24.3 Å². The molecule has 2 unspecified atom stereocenters. The van der Waals surface area contributed by atoms with Crippen LogP contribution in [-0.2, 0) is 14.6 Å². The number of carbonyl (C=O) groups excluding carboxylic acids is 1. The standard InChI is InChI=1S/C20H20N2O4S/c1-14(20(23)22-18-10-11-27(24,25)13-18)26-19-8-6-17(7-9-19)16-4-2-15(12-21)3-5-16/h2-9,14,18H,10-11,13H2,1H3,(H,22,23). The van der Waals surface area contributed by atoms with Gasteiger partial charge in [-0.25, -0.2) is 8.42 Å². The van der Waals surface area contributed by atoms with Crippen molar-refractivity contribution >= 4 is 15.7 Å². The molecule has 1 amide bonds. The van der Waals surface area contributed by atoms with Gasteiger partial charge in [-0.1, -0.05) is 24.3 Å². The van der Waals surface area contributed by atoms with E-state index in [-0.39, 0.29) is 23.5 Å². The molecule has 1 aliphatic heterocycles. The second-order valence-electron chi connectivity index (χ2n) is 6.58. The summed E-state index contributed by atoms with van der Waals surface area (Å²) in [6.07, 6.45) is -0.283. The van der Waals surface area contributed by atoms with Crippen molar-refractivity contribution in [2.45, 2.75) is 25.5 Å². The molecule has 1 heterocycles. The predicted octanol–water partition coefficient (Wildman–Crippen LogP) is 2.30. The number of ether oxygens (including phenoxy) is 1. The molecule has 0 saturated carbocycles. The van der Waals surface area contributed by atoms with Gasteiger partial charge in [-0.05, 0) is 48.7 Å². The van der Waals surface area contributed by atoms with Crippen LogP contribution in [0.25, 0.3) is 11.1 Å². The van der Waals surface area contributed by atoms with Gasteiger partial charge in [0.25, 0.3) is 5.91 Å². The predicted molar refractivity (Wildman–Crippen MR) is 102 cm³/mol. The van der Waals surface area contributed by atoms with E-state index in [1.165, 1.54) is 0 Å². The quantitative estimate of drug-likeness (QED) is 0.853. The van der Waals surface area contributed by atoms with Gasteiger partial charge in [0.2, 0.25) is 0 Å². The molecule has 1 N–H and O–H groups in total. The lowest BCUT2D eigenvalue weighted by atomic mass is 10.0. The highest BCUT2D eigenvalue weighted by Crippen LogP contribution is 2.23. The van der Waals surface area contributed by atoms with E-state index in [9.17, 15) is 13.2 Å². The lowest BCUT2D eigenvalue weighted by Crippen LogP contribution is -2.43. The Morgan fingerprint density at radius 3 is 2.26 bits per heavy atom. The lowest BCUT2D eigenvalue weighted by Gasteiger charge is -2.17. The van der Waals surface area contributed by atoms with Crippen LogP contribution in [0.5, 0.6) is 5.75 Å². The molecule has 1 aliphatic rings. The number of amides is 1. The SMILES string of the molecule is CC(Oc1ccc(-c2ccc(C#N)cc2)cc1)C(=O)NC1CCS(=O)(=O)C1. The van der Waals surface area contributed by atoms with E-state index in [2.05, 4.69) is 11.4 Å². The molecule has 0 aliphatic carbocycles. The number of carbonyl (C=O) groups is 1. The molecule has 3 rings (SSSR count). The zero-order chi connectivity index (χ0) is 19.4. The molecule has 6 nitrogen and oxygen atoms in total. The zero-order valence-electron chi connectivity index (χ0n) is 14.9. The van der Waals surface area contributed by atoms with Gasteiger partial charge in [0.1, 0.15) is 5.75 Å². The van der Waals surface area contributed by atoms with Crippen LogP contribution in [0.2, 0.25) is 0 Å². The number of benzene rings is 2. The molecule has 0 bridgehead atoms. The first-order chi connectivity index (χ1) is 12.9. The van der Waals surface area contributed by atoms with E-state index in [1.54, 1.807) is 31.2 Å². The minimum Gasteiger partial charge on any atom is -0.481 e. The molecule has 27 heavy (non-hydrogen) atoms. The van der Waals surface area contributed by atoms with Gasteiger partial charge in [-0.3, -0.25) is 4.79 Å². The summed E-state index contributed by atoms with van der Waals surface area (Å²) < 4.78 is 28.6. The smallest absolute Gasteiger partial charge is 0.261 e. The second kappa shape index (κ2) is 7.80. The number of nitrogens with zero attached hydrogens (tertiary/aromatic N) is 1. The molecule has 2 aromatic carbocycles. The van der Waals surface area contributed by atoms with Crippen molar-refractivity contribution in [3.8, 4) is 22.9 Å². The van der Waals surface area contributed by atoms with Crippen LogP contribution >= 0.6 is 0 Å². The van der Waals surface area contributed by atoms with Crippen LogP contribution in [-0.4, -0.2) is 38.0 Å². The van der Waals surface area contributed by atoms with Crippen LogP contribution in [0.4, 0.5) is 0 Å². The first-order valence-corrected chi connectivity index (χ1v) is 10.5. The van der Waals surface area contributed by atoms with Crippen LogP contribution < -0.4 is 10.1 Å². The number of hydrogen-bond donors (Lipinski definition) is 1. The number of sulfone groups is 1. The minimum absolute atomic E-state index is 0.00918. The highest BCUT2D eigenvalue weighted by atomic mass is 32.2. The summed E-state index contributed by atoms with van der Waals surface area (Å²) in [5.74, 6) is 0.330. The number of nitriles is 1. The van der Waals surface area contributed by atoms with Crippen molar-refractivity contribution in [2.75, 3.05) is 11.5 Å². The summed E-state index contributed by atoms with van der Waals surface area (Å²) in [6, 6.07) is 16.3. The molecule has 0 spiro atoms. The highest BCUT2D eigenvalue weighted by molar-refractivity contribution is 7.91. The minimum atomic E-state index is -3.03. The third-order valence-electron chi connectivity index (χ3n) is 4.46. The van der Waals surface area contributed by atoms with Gasteiger partial charge in [-0.15, -0.1) is 0 Å². The lowest BCUT2D eigenvalue weighted by molar-refractivity contribution is -0.127. The molecular weight excluding hydrogens is 364 g/mol. The van der Waals surface area contributed by atoms with Gasteiger partial charge in [-0.2, -0.15) is 5.26 Å². The van der Waals surface area contributed by atoms with Crippen molar-refractivity contribution in [3.05, 3.63) is 54.1 Å². The molecule has 7 heteroatoms. The van der Waals surface area contributed by atoms with E-state index >= 15 is 0 Å². The number of nitrogens with one attached hydrogen (secondary N) is 1. The van der Waals surface area contributed by atoms with Crippen LogP contribution in [0, 0.1) is 11.3 Å². The summed E-state index contributed by atoms with van der Waals surface area (Å²) in [5, 5.41) is 11.6.